The van der Waals surface area contributed by atoms with E-state index in [1.165, 1.54) is 228 Å². The van der Waals surface area contributed by atoms with E-state index in [4.69, 9.17) is 4.74 Å². The maximum absolute atomic E-state index is 13.8. The van der Waals surface area contributed by atoms with Crippen molar-refractivity contribution in [3.05, 3.63) is 86.3 Å². The predicted octanol–water partition coefficient (Wildman–Crippen LogP) is 18.2. The van der Waals surface area contributed by atoms with Crippen LogP contribution in [0.4, 0.5) is 5.69 Å². The van der Waals surface area contributed by atoms with Gasteiger partial charge in [-0.2, -0.15) is 0 Å². The van der Waals surface area contributed by atoms with Crippen LogP contribution in [0.1, 0.15) is 270 Å². The maximum Gasteiger partial charge on any atom is 0.306 e. The van der Waals surface area contributed by atoms with Crippen LogP contribution in [-0.2, 0) is 19.7 Å². The SMILES string of the molecule is CCCCCCCCCCCCCCCCCCCCCC(=O)OCC1=CC([N+](=O)[O-])=C/C(=C\C=C2\N(CCCCCCCCCCCCCCCCCC)c3ccc(C)cc3C2(C)C)C1=O. The number of aryl methyl sites for hydroxylation is 1. The molecule has 7 nitrogen and oxygen atoms in total. The van der Waals surface area contributed by atoms with Gasteiger partial charge in [0.05, 0.1) is 4.92 Å². The fourth-order valence-corrected chi connectivity index (χ4v) is 10.1. The summed E-state index contributed by atoms with van der Waals surface area (Å²) in [6, 6.07) is 6.63. The molecule has 0 bridgehead atoms. The van der Waals surface area contributed by atoms with Gasteiger partial charge in [0.15, 0.2) is 5.78 Å². The van der Waals surface area contributed by atoms with E-state index in [2.05, 4.69) is 57.7 Å². The van der Waals surface area contributed by atoms with Gasteiger partial charge in [-0.25, -0.2) is 0 Å². The highest BCUT2D eigenvalue weighted by Crippen LogP contribution is 2.48. The van der Waals surface area contributed by atoms with E-state index in [0.29, 0.717) is 0 Å². The van der Waals surface area contributed by atoms with E-state index >= 15 is 0 Å². The predicted molar refractivity (Wildman–Crippen MR) is 284 cm³/mol. The zero-order chi connectivity index (χ0) is 48.4. The summed E-state index contributed by atoms with van der Waals surface area (Å²) in [6.07, 6.45) is 52.5. The molecule has 0 radical (unpaired) electrons. The van der Waals surface area contributed by atoms with Gasteiger partial charge in [-0.1, -0.05) is 257 Å². The van der Waals surface area contributed by atoms with Crippen LogP contribution in [0.5, 0.6) is 0 Å². The second-order valence-electron chi connectivity index (χ2n) is 20.9. The number of nitro groups is 1. The second-order valence-corrected chi connectivity index (χ2v) is 20.9. The Morgan fingerprint density at radius 1 is 0.612 bits per heavy atom. The van der Waals surface area contributed by atoms with Crippen molar-refractivity contribution in [3.63, 3.8) is 0 Å². The molecule has 378 valence electrons. The van der Waals surface area contributed by atoms with Crippen LogP contribution in [0, 0.1) is 17.0 Å². The molecule has 7 heteroatoms. The number of ether oxygens (including phenoxy) is 1. The second kappa shape index (κ2) is 35.6. The van der Waals surface area contributed by atoms with Crippen LogP contribution < -0.4 is 4.90 Å². The summed E-state index contributed by atoms with van der Waals surface area (Å²) in [5.41, 5.74) is 4.59. The smallest absolute Gasteiger partial charge is 0.306 e. The van der Waals surface area contributed by atoms with Crippen molar-refractivity contribution in [2.45, 2.75) is 271 Å². The molecular weight excluding hydrogens is 829 g/mol. The molecule has 1 aromatic carbocycles. The van der Waals surface area contributed by atoms with Gasteiger partial charge < -0.3 is 9.64 Å². The number of nitrogens with zero attached hydrogens (tertiary/aromatic N) is 2. The molecule has 1 heterocycles. The van der Waals surface area contributed by atoms with Crippen LogP contribution in [0.15, 0.2) is 65.0 Å². The summed E-state index contributed by atoms with van der Waals surface area (Å²) in [5.74, 6) is -0.705. The third kappa shape index (κ3) is 23.6. The molecule has 0 atom stereocenters. The van der Waals surface area contributed by atoms with E-state index in [9.17, 15) is 19.7 Å². The molecule has 0 fully saturated rings. The molecule has 1 aromatic rings. The van der Waals surface area contributed by atoms with Crippen molar-refractivity contribution in [1.29, 1.82) is 0 Å². The topological polar surface area (TPSA) is 89.8 Å². The average molecular weight is 927 g/mol. The summed E-state index contributed by atoms with van der Waals surface area (Å²) < 4.78 is 5.54. The van der Waals surface area contributed by atoms with E-state index < -0.39 is 4.92 Å². The number of benzene rings is 1. The van der Waals surface area contributed by atoms with E-state index in [0.717, 1.165) is 37.9 Å². The zero-order valence-electron chi connectivity index (χ0n) is 43.8. The Labute approximate surface area is 410 Å². The van der Waals surface area contributed by atoms with Crippen molar-refractivity contribution in [1.82, 2.24) is 0 Å². The number of hydrogen-bond donors (Lipinski definition) is 0. The fourth-order valence-electron chi connectivity index (χ4n) is 10.1. The van der Waals surface area contributed by atoms with Crippen LogP contribution in [0.2, 0.25) is 0 Å². The monoisotopic (exact) mass is 927 g/mol. The standard InChI is InChI=1S/C60H98N2O5/c1-6-8-10-12-14-16-18-20-22-24-25-26-27-29-31-33-35-37-39-41-58(63)67-50-53-49-54(62(65)66)48-52(59(53)64)43-45-57-60(4,5)55-47-51(3)42-44-56(55)61(57)46-40-38-36-34-32-30-28-23-21-19-17-15-13-11-9-7-2/h42-45,47-49H,6-41,46,50H2,1-5H3/b52-43+,57-45+. The molecule has 0 unspecified atom stereocenters. The average Bonchev–Trinajstić information content (AvgIpc) is 3.52. The number of esters is 1. The molecule has 3 rings (SSSR count). The molecule has 0 saturated heterocycles. The third-order valence-electron chi connectivity index (χ3n) is 14.5. The molecule has 1 aliphatic heterocycles. The first-order valence-electron chi connectivity index (χ1n) is 28.2. The zero-order valence-corrected chi connectivity index (χ0v) is 43.8. The van der Waals surface area contributed by atoms with Crippen molar-refractivity contribution >= 4 is 17.4 Å². The van der Waals surface area contributed by atoms with Crippen molar-refractivity contribution in [3.8, 4) is 0 Å². The van der Waals surface area contributed by atoms with Crippen LogP contribution in [0.3, 0.4) is 0 Å². The van der Waals surface area contributed by atoms with Gasteiger partial charge >= 0.3 is 5.97 Å². The van der Waals surface area contributed by atoms with Gasteiger partial charge in [-0.15, -0.1) is 0 Å². The highest BCUT2D eigenvalue weighted by molar-refractivity contribution is 6.12. The quantitative estimate of drug-likeness (QED) is 0.0214. The first-order chi connectivity index (χ1) is 32.6. The maximum atomic E-state index is 13.8. The summed E-state index contributed by atoms with van der Waals surface area (Å²) in [4.78, 5) is 40.4. The van der Waals surface area contributed by atoms with E-state index in [1.807, 2.05) is 6.08 Å². The molecule has 67 heavy (non-hydrogen) atoms. The van der Waals surface area contributed by atoms with Gasteiger partial charge in [0, 0.05) is 53.1 Å². The highest BCUT2D eigenvalue weighted by Gasteiger charge is 2.39. The molecule has 0 amide bonds. The number of rotatable bonds is 41. The van der Waals surface area contributed by atoms with Gasteiger partial charge in [0.2, 0.25) is 0 Å². The molecular formula is C60H98N2O5. The Bertz CT molecular complexity index is 1680. The number of carbonyl (C=O) groups is 2. The lowest BCUT2D eigenvalue weighted by Gasteiger charge is -2.27. The number of hydrogen-bond acceptors (Lipinski definition) is 6. The minimum Gasteiger partial charge on any atom is -0.461 e. The lowest BCUT2D eigenvalue weighted by Crippen LogP contribution is -2.27. The van der Waals surface area contributed by atoms with Gasteiger partial charge in [0.25, 0.3) is 5.70 Å². The minimum atomic E-state index is -0.476. The Morgan fingerprint density at radius 2 is 1.03 bits per heavy atom. The van der Waals surface area contributed by atoms with Gasteiger partial charge in [0.1, 0.15) is 6.61 Å². The van der Waals surface area contributed by atoms with Crippen molar-refractivity contribution < 1.29 is 19.2 Å². The minimum absolute atomic E-state index is 0.134. The number of carbonyl (C=O) groups excluding carboxylic acids is 2. The molecule has 2 aliphatic rings. The van der Waals surface area contributed by atoms with Gasteiger partial charge in [-0.3, -0.25) is 19.7 Å². The molecule has 0 spiro atoms. The van der Waals surface area contributed by atoms with Crippen LogP contribution >= 0.6 is 0 Å². The molecule has 1 aliphatic carbocycles. The highest BCUT2D eigenvalue weighted by atomic mass is 16.6. The first kappa shape index (κ1) is 57.8. The number of unbranched alkanes of at least 4 members (excludes halogenated alkanes) is 33. The molecule has 0 aromatic heterocycles. The van der Waals surface area contributed by atoms with Gasteiger partial charge in [-0.05, 0) is 43.5 Å². The largest absolute Gasteiger partial charge is 0.461 e. The lowest BCUT2D eigenvalue weighted by atomic mass is 9.83. The Balaban J connectivity index is 1.38. The Kier molecular flexibility index (Phi) is 30.7. The Hall–Kier alpha value is -3.48. The fraction of sp³-hybridized carbons (Fsp3) is 0.733. The van der Waals surface area contributed by atoms with Crippen LogP contribution in [0.25, 0.3) is 0 Å². The Morgan fingerprint density at radius 3 is 1.46 bits per heavy atom. The third-order valence-corrected chi connectivity index (χ3v) is 14.5. The van der Waals surface area contributed by atoms with Crippen molar-refractivity contribution in [2.24, 2.45) is 0 Å². The van der Waals surface area contributed by atoms with E-state index in [-0.39, 0.29) is 47.0 Å². The van der Waals surface area contributed by atoms with Crippen molar-refractivity contribution in [2.75, 3.05) is 18.1 Å². The molecule has 0 N–H and O–H groups in total. The number of allylic oxidation sites excluding steroid dienone is 6. The number of Topliss-reactive ketones (excluding diaryl/α,β-unsaturated/α-hetero) is 1. The van der Waals surface area contributed by atoms with Crippen LogP contribution in [-0.4, -0.2) is 29.8 Å². The summed E-state index contributed by atoms with van der Waals surface area (Å²) >= 11 is 0. The summed E-state index contributed by atoms with van der Waals surface area (Å²) in [7, 11) is 0. The number of ketones is 1. The summed E-state index contributed by atoms with van der Waals surface area (Å²) in [5, 5.41) is 12.0. The normalized spacial score (nSPS) is 15.7. The van der Waals surface area contributed by atoms with E-state index in [1.54, 1.807) is 6.08 Å². The summed E-state index contributed by atoms with van der Waals surface area (Å²) in [6.45, 7) is 11.7. The first-order valence-corrected chi connectivity index (χ1v) is 28.2. The number of fused-ring (bicyclic) bond motifs is 1. The molecule has 0 saturated carbocycles. The lowest BCUT2D eigenvalue weighted by molar-refractivity contribution is -0.419. The number of anilines is 1.